The van der Waals surface area contributed by atoms with Crippen molar-refractivity contribution >= 4 is 35.8 Å². The van der Waals surface area contributed by atoms with E-state index in [0.29, 0.717) is 43.0 Å². The SMILES string of the molecule is C/C(=C\Cc1c(O)c(Cl)c(C)c(C=O)c1O)CC/C=C(\C)CC[C@H](O)C(C)(C)O.COC(C)(C)[C@@H](O)CC/C(C)=C/CC/C(C)=C/Cc1c(O)c(Cl)c(C)c(C=O)c1O. The van der Waals surface area contributed by atoms with Crippen LogP contribution in [0.3, 0.4) is 0 Å². The maximum atomic E-state index is 11.2. The van der Waals surface area contributed by atoms with Crippen LogP contribution in [-0.2, 0) is 17.6 Å². The summed E-state index contributed by atoms with van der Waals surface area (Å²) in [6.45, 7) is 18.1. The second-order valence-electron chi connectivity index (χ2n) is 16.6. The summed E-state index contributed by atoms with van der Waals surface area (Å²) in [4.78, 5) is 22.4. The van der Waals surface area contributed by atoms with Gasteiger partial charge in [-0.1, -0.05) is 69.8 Å². The van der Waals surface area contributed by atoms with E-state index >= 15 is 0 Å². The average molecular weight is 864 g/mol. The summed E-state index contributed by atoms with van der Waals surface area (Å²) in [6, 6.07) is 0. The predicted octanol–water partition coefficient (Wildman–Crippen LogP) is 10.7. The summed E-state index contributed by atoms with van der Waals surface area (Å²) in [5.41, 5.74) is 4.32. The molecule has 7 N–H and O–H groups in total. The maximum Gasteiger partial charge on any atom is 0.154 e. The summed E-state index contributed by atoms with van der Waals surface area (Å²) in [5.74, 6) is -0.835. The highest BCUT2D eigenvalue weighted by Gasteiger charge is 2.27. The third kappa shape index (κ3) is 16.4. The predicted molar refractivity (Wildman–Crippen MR) is 239 cm³/mol. The summed E-state index contributed by atoms with van der Waals surface area (Å²) >= 11 is 12.2. The van der Waals surface area contributed by atoms with E-state index in [1.54, 1.807) is 34.8 Å². The van der Waals surface area contributed by atoms with E-state index in [-0.39, 0.29) is 68.1 Å². The Balaban J connectivity index is 0.000000590. The molecule has 0 unspecified atom stereocenters. The van der Waals surface area contributed by atoms with E-state index in [9.17, 15) is 45.3 Å². The smallest absolute Gasteiger partial charge is 0.154 e. The summed E-state index contributed by atoms with van der Waals surface area (Å²) < 4.78 is 5.31. The van der Waals surface area contributed by atoms with Gasteiger partial charge in [-0.15, -0.1) is 0 Å². The zero-order valence-corrected chi connectivity index (χ0v) is 38.3. The number of ether oxygens (including phenoxy) is 1. The third-order valence-corrected chi connectivity index (χ3v) is 11.8. The number of hydrogen-bond acceptors (Lipinski definition) is 10. The molecule has 2 atom stereocenters. The molecule has 0 fully saturated rings. The fraction of sp³-hybridized carbons (Fsp3) is 0.532. The van der Waals surface area contributed by atoms with Crippen LogP contribution in [0.15, 0.2) is 46.6 Å². The molecule has 0 aliphatic carbocycles. The van der Waals surface area contributed by atoms with Gasteiger partial charge in [-0.2, -0.15) is 0 Å². The number of aldehydes is 2. The molecule has 2 rings (SSSR count). The highest BCUT2D eigenvalue weighted by Crippen LogP contribution is 2.41. The standard InChI is InChI=1S/C24H35ClO5.C23H33ClO5/c1-15(8-7-9-16(2)11-13-20(27)24(4,5)30-6)10-12-18-22(28)19(14-26)17(3)21(25)23(18)29;1-14(7-6-8-15(2)10-12-19(26)23(4,5)29)9-11-17-21(27)18(13-25)16(3)20(24)22(17)28/h9-10,14,20,27-29H,7-8,11-13H2,1-6H3;8-9,13,19,26-29H,6-7,10-12H2,1-5H3/b15-10+,16-9+;14-9+,15-8+/t20-;19-/m00/s1. The van der Waals surface area contributed by atoms with Crippen LogP contribution in [0.1, 0.15) is 150 Å². The van der Waals surface area contributed by atoms with Crippen molar-refractivity contribution in [2.45, 2.75) is 157 Å². The van der Waals surface area contributed by atoms with Gasteiger partial charge in [0.05, 0.1) is 44.6 Å². The summed E-state index contributed by atoms with van der Waals surface area (Å²) in [5, 5.41) is 71.1. The average Bonchev–Trinajstić information content (AvgIpc) is 3.17. The van der Waals surface area contributed by atoms with Crippen molar-refractivity contribution < 1.29 is 50.1 Å². The van der Waals surface area contributed by atoms with Gasteiger partial charge in [0.15, 0.2) is 12.6 Å². The lowest BCUT2D eigenvalue weighted by Crippen LogP contribution is -2.37. The Bertz CT molecular complexity index is 1870. The molecular weight excluding hydrogens is 795 g/mol. The minimum absolute atomic E-state index is 0.0813. The maximum absolute atomic E-state index is 11.2. The lowest BCUT2D eigenvalue weighted by molar-refractivity contribution is -0.0797. The van der Waals surface area contributed by atoms with Crippen molar-refractivity contribution in [3.05, 3.63) is 90.0 Å². The van der Waals surface area contributed by atoms with Crippen LogP contribution in [0.2, 0.25) is 10.0 Å². The van der Waals surface area contributed by atoms with Gasteiger partial charge in [0.1, 0.15) is 23.0 Å². The molecular formula is C47H68Cl2O10. The third-order valence-electron chi connectivity index (χ3n) is 10.9. The summed E-state index contributed by atoms with van der Waals surface area (Å²) in [7, 11) is 1.60. The molecule has 2 aromatic rings. The first-order valence-corrected chi connectivity index (χ1v) is 20.7. The first-order valence-electron chi connectivity index (χ1n) is 20.0. The molecule has 0 spiro atoms. The molecule has 2 aromatic carbocycles. The van der Waals surface area contributed by atoms with Crippen LogP contribution >= 0.6 is 23.2 Å². The Morgan fingerprint density at radius 1 is 0.610 bits per heavy atom. The van der Waals surface area contributed by atoms with Crippen LogP contribution in [0.25, 0.3) is 0 Å². The number of phenols is 4. The molecule has 59 heavy (non-hydrogen) atoms. The van der Waals surface area contributed by atoms with E-state index in [2.05, 4.69) is 19.1 Å². The van der Waals surface area contributed by atoms with E-state index in [1.165, 1.54) is 5.57 Å². The molecule has 0 saturated carbocycles. The number of carbonyl (C=O) groups excluding carboxylic acids is 2. The van der Waals surface area contributed by atoms with Gasteiger partial charge in [-0.25, -0.2) is 0 Å². The zero-order chi connectivity index (χ0) is 45.4. The van der Waals surface area contributed by atoms with Crippen LogP contribution in [0.4, 0.5) is 0 Å². The molecule has 0 amide bonds. The number of halogens is 2. The van der Waals surface area contributed by atoms with Crippen molar-refractivity contribution in [2.24, 2.45) is 0 Å². The monoisotopic (exact) mass is 862 g/mol. The molecule has 0 aromatic heterocycles. The van der Waals surface area contributed by atoms with Gasteiger partial charge >= 0.3 is 0 Å². The van der Waals surface area contributed by atoms with Gasteiger partial charge in [0, 0.05) is 18.2 Å². The fourth-order valence-corrected chi connectivity index (χ4v) is 6.49. The largest absolute Gasteiger partial charge is 0.507 e. The number of rotatable bonds is 21. The molecule has 0 bridgehead atoms. The molecule has 0 heterocycles. The van der Waals surface area contributed by atoms with Gasteiger partial charge in [-0.05, 0) is 145 Å². The van der Waals surface area contributed by atoms with Crippen molar-refractivity contribution in [2.75, 3.05) is 7.11 Å². The normalized spacial score (nSPS) is 14.2. The zero-order valence-electron chi connectivity index (χ0n) is 36.8. The Labute approximate surface area is 361 Å². The quantitative estimate of drug-likeness (QED) is 0.0471. The molecule has 0 saturated heterocycles. The molecule has 0 radical (unpaired) electrons. The Hall–Kier alpha value is -3.64. The van der Waals surface area contributed by atoms with Crippen LogP contribution in [0.5, 0.6) is 23.0 Å². The van der Waals surface area contributed by atoms with Crippen molar-refractivity contribution in [3.63, 3.8) is 0 Å². The van der Waals surface area contributed by atoms with Crippen LogP contribution in [-0.4, -0.2) is 78.8 Å². The van der Waals surface area contributed by atoms with Crippen LogP contribution < -0.4 is 0 Å². The van der Waals surface area contributed by atoms with E-state index in [0.717, 1.165) is 48.8 Å². The Kier molecular flexibility index (Phi) is 22.2. The number of phenolic OH excluding ortho intramolecular Hbond substituents is 4. The van der Waals surface area contributed by atoms with Gasteiger partial charge in [-0.3, -0.25) is 9.59 Å². The van der Waals surface area contributed by atoms with Crippen molar-refractivity contribution in [1.29, 1.82) is 0 Å². The second-order valence-corrected chi connectivity index (χ2v) is 17.3. The fourth-order valence-electron chi connectivity index (χ4n) is 6.06. The topological polar surface area (TPSA) is 185 Å². The minimum atomic E-state index is -1.10. The minimum Gasteiger partial charge on any atom is -0.507 e. The lowest BCUT2D eigenvalue weighted by Gasteiger charge is -2.29. The number of benzene rings is 2. The van der Waals surface area contributed by atoms with E-state index in [4.69, 9.17) is 27.9 Å². The lowest BCUT2D eigenvalue weighted by atomic mass is 9.95. The van der Waals surface area contributed by atoms with Crippen molar-refractivity contribution in [1.82, 2.24) is 0 Å². The Morgan fingerprint density at radius 2 is 0.949 bits per heavy atom. The highest BCUT2D eigenvalue weighted by atomic mass is 35.5. The number of carbonyl (C=O) groups is 2. The number of aromatic hydroxyl groups is 4. The van der Waals surface area contributed by atoms with Gasteiger partial charge in [0.25, 0.3) is 0 Å². The molecule has 12 heteroatoms. The summed E-state index contributed by atoms with van der Waals surface area (Å²) in [6.07, 6.45) is 14.4. The number of aliphatic hydroxyl groups excluding tert-OH is 2. The molecule has 330 valence electrons. The highest BCUT2D eigenvalue weighted by molar-refractivity contribution is 6.33. The van der Waals surface area contributed by atoms with Gasteiger partial charge in [0.2, 0.25) is 0 Å². The first-order chi connectivity index (χ1) is 27.4. The van der Waals surface area contributed by atoms with Crippen LogP contribution in [0, 0.1) is 13.8 Å². The first kappa shape index (κ1) is 53.4. The van der Waals surface area contributed by atoms with E-state index in [1.807, 2.05) is 46.8 Å². The number of hydrogen-bond donors (Lipinski definition) is 7. The van der Waals surface area contributed by atoms with E-state index < -0.39 is 23.4 Å². The molecule has 0 aliphatic heterocycles. The number of allylic oxidation sites excluding steroid dienone is 8. The van der Waals surface area contributed by atoms with Crippen molar-refractivity contribution in [3.8, 4) is 23.0 Å². The molecule has 0 aliphatic rings. The number of methoxy groups -OCH3 is 1. The Morgan fingerprint density at radius 3 is 1.27 bits per heavy atom. The molecule has 10 nitrogen and oxygen atoms in total. The second kappa shape index (κ2) is 24.6. The van der Waals surface area contributed by atoms with Gasteiger partial charge < -0.3 is 40.5 Å². The number of aliphatic hydroxyl groups is 3.